The number of nitrogens with one attached hydrogen (secondary N) is 1. The second-order valence-electron chi connectivity index (χ2n) is 9.51. The number of benzene rings is 3. The highest BCUT2D eigenvalue weighted by atomic mass is 16.7. The molecule has 1 aliphatic heterocycles. The molecule has 1 heterocycles. The first kappa shape index (κ1) is 27.5. The lowest BCUT2D eigenvalue weighted by Gasteiger charge is -2.39. The second-order valence-corrected chi connectivity index (χ2v) is 9.51. The lowest BCUT2D eigenvalue weighted by atomic mass is 9.99. The van der Waals surface area contributed by atoms with Gasteiger partial charge in [0.05, 0.1) is 18.8 Å². The van der Waals surface area contributed by atoms with Crippen molar-refractivity contribution in [3.8, 4) is 0 Å². The molecule has 2 N–H and O–H groups in total. The van der Waals surface area contributed by atoms with E-state index in [1.807, 2.05) is 42.5 Å². The fraction of sp³-hybridized carbons (Fsp3) is 0.323. The van der Waals surface area contributed by atoms with E-state index in [1.165, 1.54) is 11.6 Å². The number of amides is 1. The Bertz CT molecular complexity index is 1170. The highest BCUT2D eigenvalue weighted by Crippen LogP contribution is 2.38. The van der Waals surface area contributed by atoms with Crippen LogP contribution in [0.5, 0.6) is 0 Å². The predicted octanol–water partition coefficient (Wildman–Crippen LogP) is 6.15. The SMILES string of the molecule is C=CCOC(=O)Nc1ccc(C2OC(CN(C)C(C)c3ccccc3)CC(c3ccc(CO)cc3)O2)cc1. The summed E-state index contributed by atoms with van der Waals surface area (Å²) in [6.07, 6.45) is 0.874. The second kappa shape index (κ2) is 13.3. The number of aliphatic hydroxyl groups is 1. The van der Waals surface area contributed by atoms with E-state index in [4.69, 9.17) is 14.2 Å². The third kappa shape index (κ3) is 7.30. The van der Waals surface area contributed by atoms with Gasteiger partial charge in [0.1, 0.15) is 6.61 Å². The van der Waals surface area contributed by atoms with Crippen molar-refractivity contribution < 1.29 is 24.1 Å². The van der Waals surface area contributed by atoms with Gasteiger partial charge in [0.15, 0.2) is 6.29 Å². The van der Waals surface area contributed by atoms with E-state index in [1.54, 1.807) is 12.1 Å². The number of ether oxygens (including phenoxy) is 3. The Balaban J connectivity index is 1.50. The van der Waals surface area contributed by atoms with Crippen LogP contribution >= 0.6 is 0 Å². The van der Waals surface area contributed by atoms with Gasteiger partial charge in [-0.15, -0.1) is 0 Å². The van der Waals surface area contributed by atoms with Gasteiger partial charge in [-0.25, -0.2) is 4.79 Å². The van der Waals surface area contributed by atoms with E-state index in [2.05, 4.69) is 55.0 Å². The molecule has 3 aromatic rings. The maximum absolute atomic E-state index is 11.9. The molecule has 1 fully saturated rings. The van der Waals surface area contributed by atoms with E-state index in [0.29, 0.717) is 12.1 Å². The monoisotopic (exact) mass is 516 g/mol. The minimum absolute atomic E-state index is 0.00382. The smallest absolute Gasteiger partial charge is 0.411 e. The summed E-state index contributed by atoms with van der Waals surface area (Å²) in [7, 11) is 2.11. The van der Waals surface area contributed by atoms with E-state index in [0.717, 1.165) is 23.2 Å². The molecule has 200 valence electrons. The van der Waals surface area contributed by atoms with Gasteiger partial charge in [-0.05, 0) is 42.8 Å². The number of anilines is 1. The van der Waals surface area contributed by atoms with Crippen molar-refractivity contribution in [1.82, 2.24) is 4.90 Å². The topological polar surface area (TPSA) is 80.3 Å². The Morgan fingerprint density at radius 1 is 1.08 bits per heavy atom. The Morgan fingerprint density at radius 2 is 1.76 bits per heavy atom. The van der Waals surface area contributed by atoms with Gasteiger partial charge < -0.3 is 19.3 Å². The predicted molar refractivity (Wildman–Crippen MR) is 148 cm³/mol. The van der Waals surface area contributed by atoms with Gasteiger partial charge in [0.25, 0.3) is 0 Å². The summed E-state index contributed by atoms with van der Waals surface area (Å²) >= 11 is 0. The van der Waals surface area contributed by atoms with Crippen LogP contribution in [0, 0.1) is 0 Å². The van der Waals surface area contributed by atoms with Gasteiger partial charge in [0.2, 0.25) is 0 Å². The lowest BCUT2D eigenvalue weighted by molar-refractivity contribution is -0.253. The van der Waals surface area contributed by atoms with Crippen molar-refractivity contribution in [2.75, 3.05) is 25.5 Å². The van der Waals surface area contributed by atoms with Crippen LogP contribution in [0.15, 0.2) is 91.5 Å². The van der Waals surface area contributed by atoms with Crippen LogP contribution in [0.1, 0.15) is 54.0 Å². The maximum Gasteiger partial charge on any atom is 0.411 e. The van der Waals surface area contributed by atoms with Crippen LogP contribution in [0.25, 0.3) is 0 Å². The summed E-state index contributed by atoms with van der Waals surface area (Å²) in [5.41, 5.74) is 4.63. The molecule has 1 saturated heterocycles. The molecule has 0 spiro atoms. The van der Waals surface area contributed by atoms with Crippen LogP contribution in [0.4, 0.5) is 10.5 Å². The molecule has 3 aromatic carbocycles. The van der Waals surface area contributed by atoms with Gasteiger partial charge in [0, 0.05) is 30.3 Å². The summed E-state index contributed by atoms with van der Waals surface area (Å²) in [5, 5.41) is 12.1. The van der Waals surface area contributed by atoms with Crippen LogP contribution in [0.3, 0.4) is 0 Å². The lowest BCUT2D eigenvalue weighted by Crippen LogP contribution is -2.38. The fourth-order valence-electron chi connectivity index (χ4n) is 4.51. The third-order valence-corrected chi connectivity index (χ3v) is 6.81. The van der Waals surface area contributed by atoms with Crippen LogP contribution < -0.4 is 5.32 Å². The summed E-state index contributed by atoms with van der Waals surface area (Å²) in [6.45, 7) is 6.62. The van der Waals surface area contributed by atoms with Crippen molar-refractivity contribution in [3.63, 3.8) is 0 Å². The van der Waals surface area contributed by atoms with Gasteiger partial charge in [-0.2, -0.15) is 0 Å². The molecule has 0 radical (unpaired) electrons. The van der Waals surface area contributed by atoms with E-state index < -0.39 is 12.4 Å². The van der Waals surface area contributed by atoms with Crippen molar-refractivity contribution in [3.05, 3.63) is 114 Å². The zero-order chi connectivity index (χ0) is 26.9. The standard InChI is InChI=1S/C31H36N2O5/c1-4-18-36-31(35)32-27-16-14-26(15-17-27)30-37-28(20-33(3)22(2)24-8-6-5-7-9-24)19-29(38-30)25-12-10-23(21-34)11-13-25/h4-17,22,28-30,34H,1,18-21H2,2-3H3,(H,32,35). The highest BCUT2D eigenvalue weighted by Gasteiger charge is 2.33. The van der Waals surface area contributed by atoms with Gasteiger partial charge in [-0.1, -0.05) is 79.4 Å². The minimum Gasteiger partial charge on any atom is -0.445 e. The molecule has 1 aliphatic rings. The van der Waals surface area contributed by atoms with E-state index in [9.17, 15) is 9.90 Å². The molecule has 1 amide bonds. The maximum atomic E-state index is 11.9. The molecule has 7 heteroatoms. The first-order valence-corrected chi connectivity index (χ1v) is 12.9. The van der Waals surface area contributed by atoms with Gasteiger partial charge >= 0.3 is 6.09 Å². The number of rotatable bonds is 10. The van der Waals surface area contributed by atoms with Crippen molar-refractivity contribution in [1.29, 1.82) is 0 Å². The van der Waals surface area contributed by atoms with Crippen LogP contribution in [-0.2, 0) is 20.8 Å². The Hall–Kier alpha value is -3.49. The minimum atomic E-state index is -0.571. The first-order valence-electron chi connectivity index (χ1n) is 12.9. The molecule has 4 rings (SSSR count). The molecule has 0 bridgehead atoms. The van der Waals surface area contributed by atoms with Gasteiger partial charge in [-0.3, -0.25) is 10.2 Å². The first-order chi connectivity index (χ1) is 18.5. The van der Waals surface area contributed by atoms with Crippen LogP contribution in [0.2, 0.25) is 0 Å². The quantitative estimate of drug-likeness (QED) is 0.315. The molecule has 0 saturated carbocycles. The molecular formula is C31H36N2O5. The number of hydrogen-bond donors (Lipinski definition) is 2. The number of nitrogens with zero attached hydrogens (tertiary/aromatic N) is 1. The zero-order valence-corrected chi connectivity index (χ0v) is 22.0. The number of likely N-dealkylation sites (N-methyl/N-ethyl adjacent to an activating group) is 1. The van der Waals surface area contributed by atoms with Crippen molar-refractivity contribution in [2.45, 2.75) is 44.5 Å². The van der Waals surface area contributed by atoms with E-state index >= 15 is 0 Å². The summed E-state index contributed by atoms with van der Waals surface area (Å²) < 4.78 is 17.9. The molecular weight excluding hydrogens is 480 g/mol. The molecule has 38 heavy (non-hydrogen) atoms. The summed E-state index contributed by atoms with van der Waals surface area (Å²) in [6, 6.07) is 25.9. The Kier molecular flexibility index (Phi) is 9.67. The molecule has 7 nitrogen and oxygen atoms in total. The van der Waals surface area contributed by atoms with Crippen molar-refractivity contribution >= 4 is 11.8 Å². The number of carbonyl (C=O) groups is 1. The number of hydrogen-bond acceptors (Lipinski definition) is 6. The van der Waals surface area contributed by atoms with E-state index in [-0.39, 0.29) is 31.5 Å². The zero-order valence-electron chi connectivity index (χ0n) is 22.0. The molecule has 0 aromatic heterocycles. The van der Waals surface area contributed by atoms with Crippen LogP contribution in [-0.4, -0.2) is 42.4 Å². The Labute approximate surface area is 224 Å². The third-order valence-electron chi connectivity index (χ3n) is 6.81. The molecule has 4 unspecified atom stereocenters. The normalized spacial score (nSPS) is 20.1. The average Bonchev–Trinajstić information content (AvgIpc) is 2.96. The molecule has 4 atom stereocenters. The summed E-state index contributed by atoms with van der Waals surface area (Å²) in [4.78, 5) is 14.2. The summed E-state index contributed by atoms with van der Waals surface area (Å²) in [5.74, 6) is 0. The molecule has 0 aliphatic carbocycles. The Morgan fingerprint density at radius 3 is 2.42 bits per heavy atom. The fourth-order valence-corrected chi connectivity index (χ4v) is 4.51. The highest BCUT2D eigenvalue weighted by molar-refractivity contribution is 5.84. The van der Waals surface area contributed by atoms with Crippen molar-refractivity contribution in [2.24, 2.45) is 0 Å². The average molecular weight is 517 g/mol. The largest absolute Gasteiger partial charge is 0.445 e. The number of aliphatic hydroxyl groups excluding tert-OH is 1. The number of carbonyl (C=O) groups excluding carboxylic acids is 1.